The van der Waals surface area contributed by atoms with Crippen molar-refractivity contribution in [2.45, 2.75) is 91.8 Å². The van der Waals surface area contributed by atoms with Crippen molar-refractivity contribution in [3.63, 3.8) is 0 Å². The molecule has 37 heavy (non-hydrogen) atoms. The van der Waals surface area contributed by atoms with Crippen molar-refractivity contribution in [3.05, 3.63) is 27.6 Å². The second-order valence-electron chi connectivity index (χ2n) is 10.5. The largest absolute Gasteiger partial charge is 0.502 e. The van der Waals surface area contributed by atoms with Gasteiger partial charge in [-0.3, -0.25) is 4.79 Å². The summed E-state index contributed by atoms with van der Waals surface area (Å²) < 4.78 is 28.6. The first kappa shape index (κ1) is 31.0. The van der Waals surface area contributed by atoms with E-state index in [1.807, 2.05) is 0 Å². The summed E-state index contributed by atoms with van der Waals surface area (Å²) >= 11 is 0. The Balaban J connectivity index is 2.18. The van der Waals surface area contributed by atoms with Gasteiger partial charge in [-0.25, -0.2) is 0 Å². The summed E-state index contributed by atoms with van der Waals surface area (Å²) in [5, 5.41) is 10.9. The number of unbranched alkanes of at least 4 members (excludes halogenated alkanes) is 1. The van der Waals surface area contributed by atoms with E-state index in [1.165, 1.54) is 39.5 Å². The number of rotatable bonds is 16. The van der Waals surface area contributed by atoms with Crippen LogP contribution in [0.4, 0.5) is 0 Å². The number of phenols is 1. The molecule has 0 aliphatic carbocycles. The lowest BCUT2D eigenvalue weighted by molar-refractivity contribution is -0.0534. The van der Waals surface area contributed by atoms with Gasteiger partial charge in [0.25, 0.3) is 0 Å². The minimum atomic E-state index is -0.216. The SMILES string of the molecule is CCC(C)CCCC[C@H](OC)[C@@H](C)[C@@H](OC)[C@@H](C)CCc1oc2c(O)c(OC)cc(OC)c2c(=O)c1C. The molecule has 0 aliphatic heterocycles. The van der Waals surface area contributed by atoms with Gasteiger partial charge in [-0.2, -0.15) is 0 Å². The van der Waals surface area contributed by atoms with E-state index in [-0.39, 0.29) is 51.9 Å². The first-order chi connectivity index (χ1) is 17.6. The molecular formula is C30H48O7. The van der Waals surface area contributed by atoms with Crippen molar-refractivity contribution < 1.29 is 28.5 Å². The van der Waals surface area contributed by atoms with E-state index in [0.717, 1.165) is 25.2 Å². The van der Waals surface area contributed by atoms with Gasteiger partial charge in [0, 0.05) is 38.2 Å². The number of aromatic hydroxyl groups is 1. The summed E-state index contributed by atoms with van der Waals surface area (Å²) in [6.07, 6.45) is 7.29. The number of aryl methyl sites for hydroxylation is 1. The molecule has 2 aromatic rings. The van der Waals surface area contributed by atoms with Gasteiger partial charge in [0.15, 0.2) is 16.8 Å². The molecule has 7 heteroatoms. The van der Waals surface area contributed by atoms with Crippen LogP contribution in [0.3, 0.4) is 0 Å². The highest BCUT2D eigenvalue weighted by Crippen LogP contribution is 2.40. The molecule has 1 N–H and O–H groups in total. The molecule has 0 spiro atoms. The van der Waals surface area contributed by atoms with E-state index in [2.05, 4.69) is 27.7 Å². The fraction of sp³-hybridized carbons (Fsp3) is 0.700. The average Bonchev–Trinajstić information content (AvgIpc) is 2.90. The molecule has 0 amide bonds. The lowest BCUT2D eigenvalue weighted by atomic mass is 9.84. The number of fused-ring (bicyclic) bond motifs is 1. The topological polar surface area (TPSA) is 87.4 Å². The lowest BCUT2D eigenvalue weighted by Gasteiger charge is -2.33. The van der Waals surface area contributed by atoms with Crippen molar-refractivity contribution in [2.24, 2.45) is 17.8 Å². The van der Waals surface area contributed by atoms with Crippen molar-refractivity contribution in [2.75, 3.05) is 28.4 Å². The van der Waals surface area contributed by atoms with E-state index >= 15 is 0 Å². The van der Waals surface area contributed by atoms with Gasteiger partial charge >= 0.3 is 0 Å². The van der Waals surface area contributed by atoms with Crippen LogP contribution in [0.25, 0.3) is 11.0 Å². The molecular weight excluding hydrogens is 472 g/mol. The van der Waals surface area contributed by atoms with E-state index in [1.54, 1.807) is 21.1 Å². The van der Waals surface area contributed by atoms with E-state index < -0.39 is 0 Å². The molecule has 2 rings (SSSR count). The molecule has 0 fully saturated rings. The van der Waals surface area contributed by atoms with Crippen LogP contribution in [-0.2, 0) is 15.9 Å². The monoisotopic (exact) mass is 520 g/mol. The van der Waals surface area contributed by atoms with Crippen LogP contribution >= 0.6 is 0 Å². The van der Waals surface area contributed by atoms with E-state index in [9.17, 15) is 9.90 Å². The number of methoxy groups -OCH3 is 4. The van der Waals surface area contributed by atoms with Gasteiger partial charge in [0.1, 0.15) is 16.9 Å². The normalized spacial score (nSPS) is 15.8. The van der Waals surface area contributed by atoms with Gasteiger partial charge in [-0.05, 0) is 31.6 Å². The Kier molecular flexibility index (Phi) is 12.2. The summed E-state index contributed by atoms with van der Waals surface area (Å²) in [6, 6.07) is 1.50. The zero-order valence-corrected chi connectivity index (χ0v) is 24.3. The van der Waals surface area contributed by atoms with Gasteiger partial charge < -0.3 is 28.5 Å². The van der Waals surface area contributed by atoms with Gasteiger partial charge in [0.05, 0.1) is 26.4 Å². The van der Waals surface area contributed by atoms with Crippen LogP contribution in [0.1, 0.15) is 77.5 Å². The Morgan fingerprint density at radius 3 is 2.16 bits per heavy atom. The molecule has 7 nitrogen and oxygen atoms in total. The molecule has 0 saturated heterocycles. The minimum absolute atomic E-state index is 0.000547. The van der Waals surface area contributed by atoms with Crippen molar-refractivity contribution >= 4 is 11.0 Å². The summed E-state index contributed by atoms with van der Waals surface area (Å²) in [5.74, 6) is 2.04. The maximum Gasteiger partial charge on any atom is 0.202 e. The number of benzene rings is 1. The maximum atomic E-state index is 13.2. The number of hydrogen-bond acceptors (Lipinski definition) is 7. The van der Waals surface area contributed by atoms with Crippen LogP contribution in [0, 0.1) is 24.7 Å². The Morgan fingerprint density at radius 1 is 0.946 bits per heavy atom. The highest BCUT2D eigenvalue weighted by Gasteiger charge is 2.30. The third-order valence-corrected chi connectivity index (χ3v) is 8.03. The van der Waals surface area contributed by atoms with Crippen LogP contribution in [0.2, 0.25) is 0 Å². The van der Waals surface area contributed by atoms with Crippen molar-refractivity contribution in [3.8, 4) is 17.2 Å². The highest BCUT2D eigenvalue weighted by atomic mass is 16.5. The van der Waals surface area contributed by atoms with Crippen LogP contribution in [-0.4, -0.2) is 45.8 Å². The lowest BCUT2D eigenvalue weighted by Crippen LogP contribution is -2.37. The standard InChI is InChI=1S/C30H48O7/c1-10-18(2)13-11-12-14-22(33-6)21(5)29(36-9)19(3)15-16-23-20(4)27(31)26-24(34-7)17-25(35-8)28(32)30(26)37-23/h17-19,21-22,29,32H,10-16H2,1-9H3/t18?,19-,21+,22-,29-/m0/s1. The van der Waals surface area contributed by atoms with Crippen molar-refractivity contribution in [1.82, 2.24) is 0 Å². The van der Waals surface area contributed by atoms with Gasteiger partial charge in [-0.1, -0.05) is 53.4 Å². The number of phenolic OH excluding ortho intramolecular Hbond substituents is 1. The second kappa shape index (κ2) is 14.6. The Morgan fingerprint density at radius 2 is 1.59 bits per heavy atom. The Bertz CT molecular complexity index is 1040. The Labute approximate surface area is 222 Å². The molecule has 0 bridgehead atoms. The number of hydrogen-bond donors (Lipinski definition) is 1. The van der Waals surface area contributed by atoms with Crippen LogP contribution < -0.4 is 14.9 Å². The summed E-state index contributed by atoms with van der Waals surface area (Å²) in [5.41, 5.74) is 0.385. The zero-order chi connectivity index (χ0) is 27.7. The van der Waals surface area contributed by atoms with Gasteiger partial charge in [0.2, 0.25) is 5.75 Å². The first-order valence-corrected chi connectivity index (χ1v) is 13.6. The molecule has 0 aliphatic rings. The summed E-state index contributed by atoms with van der Waals surface area (Å²) in [6.45, 7) is 10.7. The third-order valence-electron chi connectivity index (χ3n) is 8.03. The predicted molar refractivity (Wildman–Crippen MR) is 148 cm³/mol. The predicted octanol–water partition coefficient (Wildman–Crippen LogP) is 6.67. The first-order valence-electron chi connectivity index (χ1n) is 13.6. The molecule has 1 unspecified atom stereocenters. The summed E-state index contributed by atoms with van der Waals surface area (Å²) in [4.78, 5) is 13.2. The quantitative estimate of drug-likeness (QED) is 0.247. The van der Waals surface area contributed by atoms with Crippen molar-refractivity contribution in [1.29, 1.82) is 0 Å². The Hall–Kier alpha value is -2.25. The molecule has 5 atom stereocenters. The average molecular weight is 521 g/mol. The zero-order valence-electron chi connectivity index (χ0n) is 24.3. The van der Waals surface area contributed by atoms with E-state index in [4.69, 9.17) is 23.4 Å². The molecule has 0 radical (unpaired) electrons. The molecule has 1 aromatic carbocycles. The smallest absolute Gasteiger partial charge is 0.202 e. The fourth-order valence-corrected chi connectivity index (χ4v) is 5.32. The van der Waals surface area contributed by atoms with Crippen LogP contribution in [0.5, 0.6) is 17.2 Å². The minimum Gasteiger partial charge on any atom is -0.502 e. The second-order valence-corrected chi connectivity index (χ2v) is 10.5. The van der Waals surface area contributed by atoms with Gasteiger partial charge in [-0.15, -0.1) is 0 Å². The fourth-order valence-electron chi connectivity index (χ4n) is 5.32. The molecule has 1 aromatic heterocycles. The molecule has 0 saturated carbocycles. The summed E-state index contributed by atoms with van der Waals surface area (Å²) in [7, 11) is 6.46. The van der Waals surface area contributed by atoms with E-state index in [0.29, 0.717) is 23.5 Å². The van der Waals surface area contributed by atoms with Crippen LogP contribution in [0.15, 0.2) is 15.3 Å². The highest BCUT2D eigenvalue weighted by molar-refractivity contribution is 5.91. The molecule has 210 valence electrons. The maximum absolute atomic E-state index is 13.2. The number of ether oxygens (including phenoxy) is 4. The molecule has 1 heterocycles. The third kappa shape index (κ3) is 7.41.